The van der Waals surface area contributed by atoms with Gasteiger partial charge in [0.25, 0.3) is 0 Å². The fourth-order valence-corrected chi connectivity index (χ4v) is 0.500. The summed E-state index contributed by atoms with van der Waals surface area (Å²) in [6.07, 6.45) is 3.48. The van der Waals surface area contributed by atoms with Crippen molar-refractivity contribution in [1.29, 1.82) is 0 Å². The Morgan fingerprint density at radius 1 is 1.86 bits per heavy atom. The third-order valence-electron chi connectivity index (χ3n) is 0.891. The number of rotatable bonds is 0. The highest BCUT2D eigenvalue weighted by Crippen LogP contribution is 1.89. The molecule has 0 fully saturated rings. The number of hydrogen-bond acceptors (Lipinski definition) is 2. The third-order valence-corrected chi connectivity index (χ3v) is 0.891. The number of hydrogen-bond donors (Lipinski definition) is 1. The molecule has 0 saturated carbocycles. The van der Waals surface area contributed by atoms with E-state index in [0.29, 0.717) is 6.04 Å². The molecule has 1 unspecified atom stereocenters. The van der Waals surface area contributed by atoms with Crippen LogP contribution in [-0.2, 0) is 4.74 Å². The van der Waals surface area contributed by atoms with E-state index in [1.165, 1.54) is 0 Å². The van der Waals surface area contributed by atoms with Gasteiger partial charge in [0, 0.05) is 6.20 Å². The van der Waals surface area contributed by atoms with Gasteiger partial charge in [0.15, 0.2) is 0 Å². The Bertz CT molecular complexity index is 80.1. The standard InChI is InChI=1S/C5H9NO/c1-5-4-7-3-2-6-5/h2-3,5-6H,4H2,1H3. The van der Waals surface area contributed by atoms with Gasteiger partial charge in [0.1, 0.15) is 6.61 Å². The predicted octanol–water partition coefficient (Wildman–Crippen LogP) is 0.466. The van der Waals surface area contributed by atoms with Gasteiger partial charge in [-0.3, -0.25) is 0 Å². The highest BCUT2D eigenvalue weighted by molar-refractivity contribution is 4.79. The van der Waals surface area contributed by atoms with Crippen LogP contribution in [0.2, 0.25) is 0 Å². The van der Waals surface area contributed by atoms with Crippen LogP contribution in [0, 0.1) is 0 Å². The van der Waals surface area contributed by atoms with Gasteiger partial charge in [-0.1, -0.05) is 0 Å². The van der Waals surface area contributed by atoms with E-state index in [-0.39, 0.29) is 0 Å². The predicted molar refractivity (Wildman–Crippen MR) is 27.7 cm³/mol. The highest BCUT2D eigenvalue weighted by Gasteiger charge is 1.99. The first-order valence-corrected chi connectivity index (χ1v) is 2.42. The maximum Gasteiger partial charge on any atom is 0.107 e. The highest BCUT2D eigenvalue weighted by atomic mass is 16.5. The van der Waals surface area contributed by atoms with Gasteiger partial charge in [0.05, 0.1) is 12.3 Å². The van der Waals surface area contributed by atoms with Crippen molar-refractivity contribution < 1.29 is 4.74 Å². The van der Waals surface area contributed by atoms with E-state index >= 15 is 0 Å². The Morgan fingerprint density at radius 3 is 3.00 bits per heavy atom. The molecule has 2 heteroatoms. The van der Waals surface area contributed by atoms with Crippen molar-refractivity contribution in [3.8, 4) is 0 Å². The molecule has 40 valence electrons. The summed E-state index contributed by atoms with van der Waals surface area (Å²) in [6, 6.07) is 0.477. The molecule has 0 amide bonds. The summed E-state index contributed by atoms with van der Waals surface area (Å²) in [6.45, 7) is 2.86. The number of ether oxygens (including phenoxy) is 1. The summed E-state index contributed by atoms with van der Waals surface area (Å²) >= 11 is 0. The molecule has 1 aliphatic heterocycles. The average Bonchev–Trinajstić information content (AvgIpc) is 1.69. The van der Waals surface area contributed by atoms with Gasteiger partial charge in [-0.25, -0.2) is 0 Å². The van der Waals surface area contributed by atoms with Crippen molar-refractivity contribution >= 4 is 0 Å². The van der Waals surface area contributed by atoms with Gasteiger partial charge >= 0.3 is 0 Å². The molecule has 0 aliphatic carbocycles. The summed E-state index contributed by atoms with van der Waals surface area (Å²) in [5.74, 6) is 0. The van der Waals surface area contributed by atoms with Crippen LogP contribution in [0.25, 0.3) is 0 Å². The zero-order valence-electron chi connectivity index (χ0n) is 4.35. The van der Waals surface area contributed by atoms with Gasteiger partial charge in [-0.15, -0.1) is 0 Å². The molecule has 0 aromatic rings. The van der Waals surface area contributed by atoms with Gasteiger partial charge in [-0.2, -0.15) is 0 Å². The van der Waals surface area contributed by atoms with Crippen LogP contribution in [0.15, 0.2) is 12.5 Å². The maximum absolute atomic E-state index is 4.94. The Balaban J connectivity index is 2.32. The second-order valence-electron chi connectivity index (χ2n) is 1.70. The smallest absolute Gasteiger partial charge is 0.107 e. The molecule has 0 aromatic carbocycles. The van der Waals surface area contributed by atoms with Crippen molar-refractivity contribution in [1.82, 2.24) is 5.32 Å². The first-order valence-electron chi connectivity index (χ1n) is 2.42. The second kappa shape index (κ2) is 1.87. The number of nitrogens with one attached hydrogen (secondary N) is 1. The normalized spacial score (nSPS) is 28.4. The Morgan fingerprint density at radius 2 is 2.71 bits per heavy atom. The molecule has 0 bridgehead atoms. The quantitative estimate of drug-likeness (QED) is 0.476. The minimum atomic E-state index is 0.477. The second-order valence-corrected chi connectivity index (χ2v) is 1.70. The fraction of sp³-hybridized carbons (Fsp3) is 0.600. The third kappa shape index (κ3) is 1.11. The lowest BCUT2D eigenvalue weighted by atomic mass is 10.3. The zero-order valence-corrected chi connectivity index (χ0v) is 4.35. The van der Waals surface area contributed by atoms with Crippen molar-refractivity contribution in [3.05, 3.63) is 12.5 Å². The van der Waals surface area contributed by atoms with Crippen LogP contribution in [-0.4, -0.2) is 12.6 Å². The molecule has 0 saturated heterocycles. The largest absolute Gasteiger partial charge is 0.498 e. The molecule has 1 heterocycles. The van der Waals surface area contributed by atoms with Gasteiger partial charge < -0.3 is 10.1 Å². The SMILES string of the molecule is CC1COC=CN1. The zero-order chi connectivity index (χ0) is 5.11. The maximum atomic E-state index is 4.94. The Labute approximate surface area is 43.2 Å². The van der Waals surface area contributed by atoms with E-state index in [1.54, 1.807) is 6.26 Å². The summed E-state index contributed by atoms with van der Waals surface area (Å²) in [5.41, 5.74) is 0. The summed E-state index contributed by atoms with van der Waals surface area (Å²) < 4.78 is 4.94. The van der Waals surface area contributed by atoms with Crippen LogP contribution < -0.4 is 5.32 Å². The van der Waals surface area contributed by atoms with Crippen LogP contribution in [0.5, 0.6) is 0 Å². The van der Waals surface area contributed by atoms with Crippen LogP contribution in [0.4, 0.5) is 0 Å². The van der Waals surface area contributed by atoms with Crippen molar-refractivity contribution in [2.24, 2.45) is 0 Å². The van der Waals surface area contributed by atoms with E-state index in [1.807, 2.05) is 6.20 Å². The molecule has 1 N–H and O–H groups in total. The van der Waals surface area contributed by atoms with Crippen molar-refractivity contribution in [3.63, 3.8) is 0 Å². The molecule has 1 aliphatic rings. The molecular weight excluding hydrogens is 90.1 g/mol. The van der Waals surface area contributed by atoms with Crippen LogP contribution in [0.1, 0.15) is 6.92 Å². The molecule has 0 spiro atoms. The first kappa shape index (κ1) is 4.50. The van der Waals surface area contributed by atoms with E-state index in [4.69, 9.17) is 4.74 Å². The lowest BCUT2D eigenvalue weighted by Gasteiger charge is -2.14. The van der Waals surface area contributed by atoms with E-state index in [2.05, 4.69) is 12.2 Å². The van der Waals surface area contributed by atoms with E-state index in [9.17, 15) is 0 Å². The molecular formula is C5H9NO. The molecule has 1 atom stereocenters. The summed E-state index contributed by atoms with van der Waals surface area (Å²) in [4.78, 5) is 0. The molecule has 2 nitrogen and oxygen atoms in total. The Hall–Kier alpha value is -0.660. The van der Waals surface area contributed by atoms with E-state index < -0.39 is 0 Å². The van der Waals surface area contributed by atoms with E-state index in [0.717, 1.165) is 6.61 Å². The first-order chi connectivity index (χ1) is 3.39. The molecule has 7 heavy (non-hydrogen) atoms. The molecule has 0 radical (unpaired) electrons. The van der Waals surface area contributed by atoms with Gasteiger partial charge in [0.2, 0.25) is 0 Å². The van der Waals surface area contributed by atoms with Crippen LogP contribution in [0.3, 0.4) is 0 Å². The average molecular weight is 99.1 g/mol. The lowest BCUT2D eigenvalue weighted by Crippen LogP contribution is -2.28. The van der Waals surface area contributed by atoms with Crippen molar-refractivity contribution in [2.75, 3.05) is 6.61 Å². The summed E-state index contributed by atoms with van der Waals surface area (Å²) in [7, 11) is 0. The van der Waals surface area contributed by atoms with Gasteiger partial charge in [-0.05, 0) is 6.92 Å². The lowest BCUT2D eigenvalue weighted by molar-refractivity contribution is 0.203. The topological polar surface area (TPSA) is 21.3 Å². The fourth-order valence-electron chi connectivity index (χ4n) is 0.500. The summed E-state index contributed by atoms with van der Waals surface area (Å²) in [5, 5.41) is 3.08. The minimum absolute atomic E-state index is 0.477. The molecule has 1 rings (SSSR count). The Kier molecular flexibility index (Phi) is 1.20. The van der Waals surface area contributed by atoms with Crippen LogP contribution >= 0.6 is 0 Å². The van der Waals surface area contributed by atoms with Crippen molar-refractivity contribution in [2.45, 2.75) is 13.0 Å². The minimum Gasteiger partial charge on any atom is -0.498 e. The monoisotopic (exact) mass is 99.1 g/mol. The molecule has 0 aromatic heterocycles.